The molecular weight excluding hydrogens is 308 g/mol. The molecule has 0 spiro atoms. The zero-order valence-electron chi connectivity index (χ0n) is 11.3. The van der Waals surface area contributed by atoms with E-state index in [1.165, 1.54) is 11.3 Å². The molecule has 0 N–H and O–H groups in total. The Morgan fingerprint density at radius 2 is 2.05 bits per heavy atom. The van der Waals surface area contributed by atoms with E-state index in [4.69, 9.17) is 0 Å². The molecule has 0 radical (unpaired) electrons. The van der Waals surface area contributed by atoms with Crippen molar-refractivity contribution in [3.8, 4) is 0 Å². The van der Waals surface area contributed by atoms with Crippen molar-refractivity contribution in [1.82, 2.24) is 9.80 Å². The first-order chi connectivity index (χ1) is 10.1. The normalized spacial score (nSPS) is 20.9. The summed E-state index contributed by atoms with van der Waals surface area (Å²) in [4.78, 5) is 39.4. The second-order valence-corrected chi connectivity index (χ2v) is 6.69. The Hall–Kier alpha value is -1.60. The largest absolute Gasteiger partial charge is 0.341 e. The number of carbonyl (C=O) groups excluding carboxylic acids is 3. The summed E-state index contributed by atoms with van der Waals surface area (Å²) in [7, 11) is 0. The maximum Gasteiger partial charge on any atom is 0.294 e. The van der Waals surface area contributed by atoms with Crippen LogP contribution in [-0.4, -0.2) is 46.5 Å². The highest BCUT2D eigenvalue weighted by atomic mass is 32.2. The minimum absolute atomic E-state index is 0.147. The van der Waals surface area contributed by atoms with Gasteiger partial charge in [0.05, 0.1) is 4.91 Å². The molecule has 0 aromatic carbocycles. The molecular formula is C14H14N2O3S2. The Balaban J connectivity index is 1.70. The summed E-state index contributed by atoms with van der Waals surface area (Å²) in [6, 6.07) is 1.88. The summed E-state index contributed by atoms with van der Waals surface area (Å²) >= 11 is 2.43. The molecule has 3 rings (SSSR count). The molecule has 0 aliphatic carbocycles. The lowest BCUT2D eigenvalue weighted by atomic mass is 10.3. The number of rotatable bonds is 3. The van der Waals surface area contributed by atoms with E-state index in [0.29, 0.717) is 4.91 Å². The lowest BCUT2D eigenvalue weighted by Gasteiger charge is -2.18. The van der Waals surface area contributed by atoms with Crippen molar-refractivity contribution < 1.29 is 14.4 Å². The zero-order chi connectivity index (χ0) is 14.8. The number of hydrogen-bond donors (Lipinski definition) is 0. The number of nitrogens with zero attached hydrogens (tertiary/aromatic N) is 2. The number of likely N-dealkylation sites (tertiary alicyclic amines) is 1. The van der Waals surface area contributed by atoms with E-state index >= 15 is 0 Å². The minimum Gasteiger partial charge on any atom is -0.341 e. The van der Waals surface area contributed by atoms with Gasteiger partial charge in [0.15, 0.2) is 0 Å². The van der Waals surface area contributed by atoms with Gasteiger partial charge in [-0.25, -0.2) is 0 Å². The molecule has 2 aliphatic heterocycles. The highest BCUT2D eigenvalue weighted by Gasteiger charge is 2.37. The molecule has 3 amide bonds. The van der Waals surface area contributed by atoms with Crippen LogP contribution in [-0.2, 0) is 9.59 Å². The van der Waals surface area contributed by atoms with Crippen LogP contribution in [0, 0.1) is 0 Å². The van der Waals surface area contributed by atoms with Crippen LogP contribution in [0.5, 0.6) is 0 Å². The number of thioether (sulfide) groups is 1. The summed E-state index contributed by atoms with van der Waals surface area (Å²) in [6.45, 7) is 1.30. The van der Waals surface area contributed by atoms with Gasteiger partial charge in [0.2, 0.25) is 5.91 Å². The molecule has 1 aromatic heterocycles. The molecule has 2 fully saturated rings. The Kier molecular flexibility index (Phi) is 4.12. The van der Waals surface area contributed by atoms with Gasteiger partial charge in [-0.1, -0.05) is 0 Å². The zero-order valence-corrected chi connectivity index (χ0v) is 12.9. The number of amides is 3. The average molecular weight is 322 g/mol. The fourth-order valence-electron chi connectivity index (χ4n) is 2.35. The van der Waals surface area contributed by atoms with E-state index < -0.39 is 0 Å². The molecule has 21 heavy (non-hydrogen) atoms. The van der Waals surface area contributed by atoms with E-state index in [0.717, 1.165) is 48.2 Å². The summed E-state index contributed by atoms with van der Waals surface area (Å²) in [5.74, 6) is -0.518. The lowest BCUT2D eigenvalue weighted by molar-refractivity contribution is -0.135. The molecule has 0 unspecified atom stereocenters. The van der Waals surface area contributed by atoms with Gasteiger partial charge in [-0.2, -0.15) is 11.3 Å². The van der Waals surface area contributed by atoms with Crippen LogP contribution in [0.25, 0.3) is 6.08 Å². The topological polar surface area (TPSA) is 57.7 Å². The highest BCUT2D eigenvalue weighted by molar-refractivity contribution is 8.18. The van der Waals surface area contributed by atoms with Gasteiger partial charge >= 0.3 is 0 Å². The average Bonchev–Trinajstić information content (AvgIpc) is 3.18. The van der Waals surface area contributed by atoms with Crippen LogP contribution in [0.4, 0.5) is 4.79 Å². The molecule has 0 atom stereocenters. The lowest BCUT2D eigenvalue weighted by Crippen LogP contribution is -2.40. The van der Waals surface area contributed by atoms with E-state index in [1.54, 1.807) is 11.0 Å². The van der Waals surface area contributed by atoms with Crippen molar-refractivity contribution in [2.45, 2.75) is 12.8 Å². The summed E-state index contributed by atoms with van der Waals surface area (Å²) in [5, 5.41) is 3.45. The third kappa shape index (κ3) is 3.03. The van der Waals surface area contributed by atoms with Gasteiger partial charge in [0.25, 0.3) is 11.1 Å². The maximum atomic E-state index is 12.2. The SMILES string of the molecule is O=C(CN1C(=O)S/C(=C\c2ccsc2)C1=O)N1CCCC1. The fraction of sp³-hybridized carbons (Fsp3) is 0.357. The predicted molar refractivity (Wildman–Crippen MR) is 82.8 cm³/mol. The third-order valence-electron chi connectivity index (χ3n) is 3.47. The Morgan fingerprint density at radius 3 is 2.71 bits per heavy atom. The van der Waals surface area contributed by atoms with E-state index in [1.807, 2.05) is 16.8 Å². The molecule has 2 aliphatic rings. The molecule has 0 bridgehead atoms. The molecule has 0 saturated carbocycles. The van der Waals surface area contributed by atoms with Gasteiger partial charge in [-0.15, -0.1) is 0 Å². The van der Waals surface area contributed by atoms with Crippen molar-refractivity contribution in [1.29, 1.82) is 0 Å². The van der Waals surface area contributed by atoms with Crippen LogP contribution in [0.15, 0.2) is 21.7 Å². The van der Waals surface area contributed by atoms with E-state index in [9.17, 15) is 14.4 Å². The predicted octanol–water partition coefficient (Wildman–Crippen LogP) is 2.41. The quantitative estimate of drug-likeness (QED) is 0.802. The number of imide groups is 1. The van der Waals surface area contributed by atoms with Crippen LogP contribution < -0.4 is 0 Å². The Labute approximate surface area is 130 Å². The van der Waals surface area contributed by atoms with Crippen LogP contribution >= 0.6 is 23.1 Å². The van der Waals surface area contributed by atoms with Gasteiger partial charge < -0.3 is 4.90 Å². The van der Waals surface area contributed by atoms with Gasteiger partial charge in [0, 0.05) is 13.1 Å². The second kappa shape index (κ2) is 6.03. The Bertz CT molecular complexity index is 604. The smallest absolute Gasteiger partial charge is 0.294 e. The first kappa shape index (κ1) is 14.3. The molecule has 7 heteroatoms. The van der Waals surface area contributed by atoms with Gasteiger partial charge in [-0.3, -0.25) is 19.3 Å². The second-order valence-electron chi connectivity index (χ2n) is 4.91. The van der Waals surface area contributed by atoms with Crippen molar-refractivity contribution in [2.24, 2.45) is 0 Å². The fourth-order valence-corrected chi connectivity index (χ4v) is 3.80. The van der Waals surface area contributed by atoms with Crippen LogP contribution in [0.1, 0.15) is 18.4 Å². The molecule has 5 nitrogen and oxygen atoms in total. The first-order valence-electron chi connectivity index (χ1n) is 6.70. The van der Waals surface area contributed by atoms with Gasteiger partial charge in [-0.05, 0) is 53.1 Å². The third-order valence-corrected chi connectivity index (χ3v) is 5.08. The molecule has 2 saturated heterocycles. The first-order valence-corrected chi connectivity index (χ1v) is 8.46. The Morgan fingerprint density at radius 1 is 1.29 bits per heavy atom. The van der Waals surface area contributed by atoms with Gasteiger partial charge in [0.1, 0.15) is 6.54 Å². The number of hydrogen-bond acceptors (Lipinski definition) is 5. The molecule has 1 aromatic rings. The number of carbonyl (C=O) groups is 3. The minimum atomic E-state index is -0.372. The summed E-state index contributed by atoms with van der Waals surface area (Å²) in [6.07, 6.45) is 3.68. The summed E-state index contributed by atoms with van der Waals surface area (Å²) < 4.78 is 0. The van der Waals surface area contributed by atoms with Crippen molar-refractivity contribution in [3.63, 3.8) is 0 Å². The maximum absolute atomic E-state index is 12.2. The van der Waals surface area contributed by atoms with Crippen molar-refractivity contribution >= 4 is 46.2 Å². The standard InChI is InChI=1S/C14H14N2O3S2/c17-12(15-4-1-2-5-15)8-16-13(18)11(21-14(16)19)7-10-3-6-20-9-10/h3,6-7,9H,1-2,4-5,8H2/b11-7-. The van der Waals surface area contributed by atoms with Crippen molar-refractivity contribution in [3.05, 3.63) is 27.3 Å². The molecule has 3 heterocycles. The monoisotopic (exact) mass is 322 g/mol. The highest BCUT2D eigenvalue weighted by Crippen LogP contribution is 2.32. The van der Waals surface area contributed by atoms with Crippen molar-refractivity contribution in [2.75, 3.05) is 19.6 Å². The van der Waals surface area contributed by atoms with Crippen LogP contribution in [0.3, 0.4) is 0 Å². The molecule has 110 valence electrons. The van der Waals surface area contributed by atoms with E-state index in [-0.39, 0.29) is 23.6 Å². The number of thiophene rings is 1. The van der Waals surface area contributed by atoms with E-state index in [2.05, 4.69) is 0 Å². The van der Waals surface area contributed by atoms with Crippen LogP contribution in [0.2, 0.25) is 0 Å². The summed E-state index contributed by atoms with van der Waals surface area (Å²) in [5.41, 5.74) is 0.899.